The summed E-state index contributed by atoms with van der Waals surface area (Å²) in [6.07, 6.45) is 2.99. The van der Waals surface area contributed by atoms with Gasteiger partial charge in [-0.25, -0.2) is 0 Å². The lowest BCUT2D eigenvalue weighted by Gasteiger charge is -2.30. The molecule has 0 amide bonds. The number of phenols is 1. The maximum Gasteiger partial charge on any atom is 0.259 e. The SMILES string of the molecule is CC1(c2noc(-c3cc(O)ccc3Cl)n2)CCCCO1. The molecule has 6 heteroatoms. The van der Waals surface area contributed by atoms with Crippen molar-refractivity contribution in [2.24, 2.45) is 0 Å². The quantitative estimate of drug-likeness (QED) is 0.918. The molecule has 5 nitrogen and oxygen atoms in total. The number of hydrogen-bond acceptors (Lipinski definition) is 5. The highest BCUT2D eigenvalue weighted by Gasteiger charge is 2.35. The van der Waals surface area contributed by atoms with Gasteiger partial charge in [0, 0.05) is 6.61 Å². The summed E-state index contributed by atoms with van der Waals surface area (Å²) in [6.45, 7) is 2.66. The molecule has 1 aliphatic heterocycles. The summed E-state index contributed by atoms with van der Waals surface area (Å²) < 4.78 is 11.1. The van der Waals surface area contributed by atoms with Crippen molar-refractivity contribution in [2.45, 2.75) is 31.8 Å². The van der Waals surface area contributed by atoms with Crippen molar-refractivity contribution < 1.29 is 14.4 Å². The van der Waals surface area contributed by atoms with Gasteiger partial charge in [-0.3, -0.25) is 0 Å². The van der Waals surface area contributed by atoms with E-state index in [2.05, 4.69) is 10.1 Å². The molecule has 0 aliphatic carbocycles. The van der Waals surface area contributed by atoms with Gasteiger partial charge in [0.2, 0.25) is 5.82 Å². The van der Waals surface area contributed by atoms with Crippen LogP contribution in [0.3, 0.4) is 0 Å². The highest BCUT2D eigenvalue weighted by atomic mass is 35.5. The maximum absolute atomic E-state index is 9.53. The van der Waals surface area contributed by atoms with Gasteiger partial charge in [0.05, 0.1) is 10.6 Å². The second-order valence-electron chi connectivity index (χ2n) is 5.12. The Kier molecular flexibility index (Phi) is 3.40. The van der Waals surface area contributed by atoms with E-state index in [4.69, 9.17) is 20.9 Å². The average Bonchev–Trinajstić information content (AvgIpc) is 2.93. The lowest BCUT2D eigenvalue weighted by Crippen LogP contribution is -2.31. The molecule has 106 valence electrons. The number of ether oxygens (including phenoxy) is 1. The van der Waals surface area contributed by atoms with Gasteiger partial charge in [-0.1, -0.05) is 16.8 Å². The number of halogens is 1. The Balaban J connectivity index is 1.95. The van der Waals surface area contributed by atoms with Gasteiger partial charge in [-0.2, -0.15) is 4.98 Å². The molecule has 1 saturated heterocycles. The van der Waals surface area contributed by atoms with Gasteiger partial charge >= 0.3 is 0 Å². The molecule has 1 N–H and O–H groups in total. The van der Waals surface area contributed by atoms with Gasteiger partial charge in [0.15, 0.2) is 0 Å². The number of aromatic nitrogens is 2. The van der Waals surface area contributed by atoms with Crippen molar-refractivity contribution in [1.29, 1.82) is 0 Å². The topological polar surface area (TPSA) is 68.4 Å². The van der Waals surface area contributed by atoms with Crippen molar-refractivity contribution in [1.82, 2.24) is 10.1 Å². The van der Waals surface area contributed by atoms with Crippen molar-refractivity contribution >= 4 is 11.6 Å². The predicted octanol–water partition coefficient (Wildman–Crippen LogP) is 3.51. The van der Waals surface area contributed by atoms with Gasteiger partial charge in [0.1, 0.15) is 11.4 Å². The molecule has 1 aromatic carbocycles. The van der Waals surface area contributed by atoms with E-state index in [-0.39, 0.29) is 11.6 Å². The number of phenolic OH excluding ortho intramolecular Hbond substituents is 1. The van der Waals surface area contributed by atoms with E-state index in [9.17, 15) is 5.11 Å². The van der Waals surface area contributed by atoms with E-state index in [1.165, 1.54) is 12.1 Å². The van der Waals surface area contributed by atoms with Crippen LogP contribution in [0, 0.1) is 0 Å². The normalized spacial score (nSPS) is 22.9. The molecule has 3 rings (SSSR count). The number of hydrogen-bond donors (Lipinski definition) is 1. The van der Waals surface area contributed by atoms with Crippen LogP contribution in [-0.4, -0.2) is 21.9 Å². The summed E-state index contributed by atoms with van der Waals surface area (Å²) in [5.74, 6) is 0.909. The maximum atomic E-state index is 9.53. The number of aromatic hydroxyl groups is 1. The molecule has 0 saturated carbocycles. The van der Waals surface area contributed by atoms with Crippen LogP contribution < -0.4 is 0 Å². The molecule has 0 spiro atoms. The van der Waals surface area contributed by atoms with Gasteiger partial charge in [-0.15, -0.1) is 0 Å². The van der Waals surface area contributed by atoms with E-state index < -0.39 is 5.60 Å². The first kappa shape index (κ1) is 13.4. The number of rotatable bonds is 2. The predicted molar refractivity (Wildman–Crippen MR) is 73.6 cm³/mol. The second kappa shape index (κ2) is 5.07. The largest absolute Gasteiger partial charge is 0.508 e. The molecule has 2 aromatic rings. The van der Waals surface area contributed by atoms with Gasteiger partial charge in [0.25, 0.3) is 5.89 Å². The Morgan fingerprint density at radius 2 is 2.20 bits per heavy atom. The van der Waals surface area contributed by atoms with E-state index in [0.717, 1.165) is 19.3 Å². The fourth-order valence-corrected chi connectivity index (χ4v) is 2.53. The van der Waals surface area contributed by atoms with Crippen LogP contribution in [0.25, 0.3) is 11.5 Å². The Morgan fingerprint density at radius 1 is 1.35 bits per heavy atom. The van der Waals surface area contributed by atoms with Crippen LogP contribution in [0.2, 0.25) is 5.02 Å². The summed E-state index contributed by atoms with van der Waals surface area (Å²) in [7, 11) is 0. The third-order valence-electron chi connectivity index (χ3n) is 3.55. The fraction of sp³-hybridized carbons (Fsp3) is 0.429. The Labute approximate surface area is 121 Å². The standard InChI is InChI=1S/C14H15ClN2O3/c1-14(6-2-3-7-19-14)13-16-12(20-17-13)10-8-9(18)4-5-11(10)15/h4-5,8,18H,2-3,6-7H2,1H3. The van der Waals surface area contributed by atoms with E-state index in [1.807, 2.05) is 6.92 Å². The van der Waals surface area contributed by atoms with Crippen molar-refractivity contribution in [3.8, 4) is 17.2 Å². The molecular formula is C14H15ClN2O3. The molecule has 20 heavy (non-hydrogen) atoms. The van der Waals surface area contributed by atoms with Crippen LogP contribution in [0.15, 0.2) is 22.7 Å². The smallest absolute Gasteiger partial charge is 0.259 e. The first-order valence-electron chi connectivity index (χ1n) is 6.55. The molecule has 1 atom stereocenters. The zero-order chi connectivity index (χ0) is 14.2. The monoisotopic (exact) mass is 294 g/mol. The molecule has 0 bridgehead atoms. The minimum atomic E-state index is -0.511. The Hall–Kier alpha value is -1.59. The molecule has 1 aliphatic rings. The Morgan fingerprint density at radius 3 is 2.95 bits per heavy atom. The van der Waals surface area contributed by atoms with Crippen LogP contribution in [0.4, 0.5) is 0 Å². The molecule has 1 fully saturated rings. The summed E-state index contributed by atoms with van der Waals surface area (Å²) in [4.78, 5) is 4.38. The summed E-state index contributed by atoms with van der Waals surface area (Å²) in [5, 5.41) is 14.0. The van der Waals surface area contributed by atoms with Gasteiger partial charge < -0.3 is 14.4 Å². The average molecular weight is 295 g/mol. The fourth-order valence-electron chi connectivity index (χ4n) is 2.34. The lowest BCUT2D eigenvalue weighted by atomic mass is 9.95. The zero-order valence-electron chi connectivity index (χ0n) is 11.1. The third kappa shape index (κ3) is 2.39. The van der Waals surface area contributed by atoms with E-state index in [0.29, 0.717) is 23.0 Å². The van der Waals surface area contributed by atoms with Crippen molar-refractivity contribution in [2.75, 3.05) is 6.61 Å². The number of benzene rings is 1. The molecule has 0 radical (unpaired) electrons. The van der Waals surface area contributed by atoms with E-state index >= 15 is 0 Å². The first-order valence-corrected chi connectivity index (χ1v) is 6.93. The zero-order valence-corrected chi connectivity index (χ0v) is 11.9. The third-order valence-corrected chi connectivity index (χ3v) is 3.88. The highest BCUT2D eigenvalue weighted by molar-refractivity contribution is 6.33. The summed E-state index contributed by atoms with van der Waals surface area (Å²) in [6, 6.07) is 4.60. The minimum absolute atomic E-state index is 0.101. The first-order chi connectivity index (χ1) is 9.58. The molecule has 2 heterocycles. The van der Waals surface area contributed by atoms with Crippen LogP contribution in [-0.2, 0) is 10.3 Å². The second-order valence-corrected chi connectivity index (χ2v) is 5.53. The Bertz CT molecular complexity index is 621. The highest BCUT2D eigenvalue weighted by Crippen LogP contribution is 2.35. The van der Waals surface area contributed by atoms with Gasteiger partial charge in [-0.05, 0) is 44.4 Å². The van der Waals surface area contributed by atoms with Crippen LogP contribution in [0.1, 0.15) is 32.0 Å². The molecular weight excluding hydrogens is 280 g/mol. The van der Waals surface area contributed by atoms with Crippen LogP contribution >= 0.6 is 11.6 Å². The molecule has 1 aromatic heterocycles. The minimum Gasteiger partial charge on any atom is -0.508 e. The van der Waals surface area contributed by atoms with Crippen molar-refractivity contribution in [3.05, 3.63) is 29.0 Å². The number of nitrogens with zero attached hydrogens (tertiary/aromatic N) is 2. The summed E-state index contributed by atoms with van der Waals surface area (Å²) >= 11 is 6.09. The summed E-state index contributed by atoms with van der Waals surface area (Å²) in [5.41, 5.74) is 0.00774. The van der Waals surface area contributed by atoms with Crippen LogP contribution in [0.5, 0.6) is 5.75 Å². The van der Waals surface area contributed by atoms with Crippen molar-refractivity contribution in [3.63, 3.8) is 0 Å². The van der Waals surface area contributed by atoms with E-state index in [1.54, 1.807) is 6.07 Å². The molecule has 1 unspecified atom stereocenters. The lowest BCUT2D eigenvalue weighted by molar-refractivity contribution is -0.0770.